The lowest BCUT2D eigenvalue weighted by atomic mass is 10.2. The van der Waals surface area contributed by atoms with Crippen molar-refractivity contribution in [3.05, 3.63) is 12.1 Å². The maximum Gasteiger partial charge on any atom is 0.238 e. The third-order valence-corrected chi connectivity index (χ3v) is 2.94. The second-order valence-electron chi connectivity index (χ2n) is 4.49. The lowest BCUT2D eigenvalue weighted by Gasteiger charge is -2.14. The zero-order chi connectivity index (χ0) is 16.4. The number of hydrogen-bond acceptors (Lipinski definition) is 6. The van der Waals surface area contributed by atoms with Gasteiger partial charge in [-0.3, -0.25) is 4.79 Å². The predicted molar refractivity (Wildman–Crippen MR) is 84.1 cm³/mol. The van der Waals surface area contributed by atoms with Gasteiger partial charge >= 0.3 is 0 Å². The van der Waals surface area contributed by atoms with Crippen LogP contribution < -0.4 is 24.8 Å². The van der Waals surface area contributed by atoms with E-state index in [9.17, 15) is 4.79 Å². The molecule has 22 heavy (non-hydrogen) atoms. The van der Waals surface area contributed by atoms with E-state index in [0.29, 0.717) is 29.5 Å². The molecule has 0 aliphatic heterocycles. The molecule has 0 atom stereocenters. The molecule has 0 saturated heterocycles. The third-order valence-electron chi connectivity index (χ3n) is 2.94. The summed E-state index contributed by atoms with van der Waals surface area (Å²) in [6, 6.07) is 3.37. The van der Waals surface area contributed by atoms with E-state index >= 15 is 0 Å². The predicted octanol–water partition coefficient (Wildman–Crippen LogP) is 1.28. The summed E-state index contributed by atoms with van der Waals surface area (Å²) in [4.78, 5) is 11.9. The van der Waals surface area contributed by atoms with Gasteiger partial charge in [0.25, 0.3) is 0 Å². The molecule has 2 N–H and O–H groups in total. The van der Waals surface area contributed by atoms with E-state index in [0.717, 1.165) is 13.0 Å². The summed E-state index contributed by atoms with van der Waals surface area (Å²) in [6.45, 7) is 1.61. The molecule has 0 saturated carbocycles. The lowest BCUT2D eigenvalue weighted by molar-refractivity contribution is -0.115. The topological polar surface area (TPSA) is 78.1 Å². The number of benzene rings is 1. The summed E-state index contributed by atoms with van der Waals surface area (Å²) >= 11 is 0. The Morgan fingerprint density at radius 1 is 1.05 bits per heavy atom. The summed E-state index contributed by atoms with van der Waals surface area (Å²) in [7, 11) is 6.24. The number of methoxy groups -OCH3 is 4. The number of ether oxygens (including phenoxy) is 4. The molecule has 0 spiro atoms. The van der Waals surface area contributed by atoms with Crippen LogP contribution in [0, 0.1) is 0 Å². The van der Waals surface area contributed by atoms with Crippen LogP contribution in [0.3, 0.4) is 0 Å². The van der Waals surface area contributed by atoms with Gasteiger partial charge in [0.05, 0.1) is 27.9 Å². The molecular weight excluding hydrogens is 288 g/mol. The van der Waals surface area contributed by atoms with Crippen LogP contribution in [0.4, 0.5) is 5.69 Å². The van der Waals surface area contributed by atoms with Crippen molar-refractivity contribution in [1.29, 1.82) is 0 Å². The molecule has 0 aromatic heterocycles. The first-order valence-corrected chi connectivity index (χ1v) is 6.95. The van der Waals surface area contributed by atoms with E-state index in [1.54, 1.807) is 19.2 Å². The zero-order valence-corrected chi connectivity index (χ0v) is 13.5. The van der Waals surface area contributed by atoms with Crippen LogP contribution in [0.1, 0.15) is 6.42 Å². The molecule has 1 rings (SSSR count). The fourth-order valence-electron chi connectivity index (χ4n) is 1.90. The minimum absolute atomic E-state index is 0.147. The Balaban J connectivity index is 2.63. The second kappa shape index (κ2) is 9.86. The fraction of sp³-hybridized carbons (Fsp3) is 0.533. The summed E-state index contributed by atoms with van der Waals surface area (Å²) in [5.41, 5.74) is 0.582. The van der Waals surface area contributed by atoms with Crippen LogP contribution in [-0.2, 0) is 9.53 Å². The van der Waals surface area contributed by atoms with Crippen LogP contribution in [-0.4, -0.2) is 54.0 Å². The number of amides is 1. The second-order valence-corrected chi connectivity index (χ2v) is 4.49. The molecule has 0 bridgehead atoms. The van der Waals surface area contributed by atoms with Gasteiger partial charge in [-0.1, -0.05) is 0 Å². The Morgan fingerprint density at radius 3 is 2.18 bits per heavy atom. The molecule has 0 aliphatic rings. The van der Waals surface area contributed by atoms with Crippen molar-refractivity contribution in [3.8, 4) is 17.2 Å². The van der Waals surface area contributed by atoms with Crippen molar-refractivity contribution in [2.75, 3.05) is 53.5 Å². The van der Waals surface area contributed by atoms with Crippen LogP contribution in [0.15, 0.2) is 12.1 Å². The number of nitrogens with one attached hydrogen (secondary N) is 2. The molecule has 0 aliphatic carbocycles. The van der Waals surface area contributed by atoms with Crippen LogP contribution in [0.5, 0.6) is 17.2 Å². The minimum atomic E-state index is -0.147. The standard InChI is InChI=1S/C15H24N2O5/c1-19-7-5-6-16-10-14(18)17-11-8-12(20-2)15(22-4)13(9-11)21-3/h8-9,16H,5-7,10H2,1-4H3,(H,17,18). The molecule has 0 radical (unpaired) electrons. The molecule has 124 valence electrons. The van der Waals surface area contributed by atoms with Crippen LogP contribution >= 0.6 is 0 Å². The van der Waals surface area contributed by atoms with E-state index in [4.69, 9.17) is 18.9 Å². The molecule has 7 nitrogen and oxygen atoms in total. The Morgan fingerprint density at radius 2 is 1.68 bits per heavy atom. The Hall–Kier alpha value is -1.99. The molecule has 7 heteroatoms. The highest BCUT2D eigenvalue weighted by atomic mass is 16.5. The quantitative estimate of drug-likeness (QED) is 0.634. The number of carbonyl (C=O) groups is 1. The highest BCUT2D eigenvalue weighted by molar-refractivity contribution is 5.93. The van der Waals surface area contributed by atoms with Crippen molar-refractivity contribution in [2.24, 2.45) is 0 Å². The van der Waals surface area contributed by atoms with E-state index in [1.165, 1.54) is 21.3 Å². The van der Waals surface area contributed by atoms with Crippen LogP contribution in [0.2, 0.25) is 0 Å². The normalized spacial score (nSPS) is 10.2. The Bertz CT molecular complexity index is 454. The molecule has 1 aromatic carbocycles. The van der Waals surface area contributed by atoms with Gasteiger partial charge in [0.1, 0.15) is 0 Å². The third kappa shape index (κ3) is 5.42. The van der Waals surface area contributed by atoms with Gasteiger partial charge in [-0.25, -0.2) is 0 Å². The largest absolute Gasteiger partial charge is 0.493 e. The molecule has 0 heterocycles. The zero-order valence-electron chi connectivity index (χ0n) is 13.5. The van der Waals surface area contributed by atoms with E-state index < -0.39 is 0 Å². The number of rotatable bonds is 10. The maximum absolute atomic E-state index is 11.9. The maximum atomic E-state index is 11.9. The number of hydrogen-bond donors (Lipinski definition) is 2. The monoisotopic (exact) mass is 312 g/mol. The van der Waals surface area contributed by atoms with Crippen molar-refractivity contribution in [3.63, 3.8) is 0 Å². The lowest BCUT2D eigenvalue weighted by Crippen LogP contribution is -2.29. The first-order valence-electron chi connectivity index (χ1n) is 6.95. The molecule has 0 fully saturated rings. The van der Waals surface area contributed by atoms with Crippen LogP contribution in [0.25, 0.3) is 0 Å². The number of carbonyl (C=O) groups excluding carboxylic acids is 1. The van der Waals surface area contributed by atoms with Gasteiger partial charge in [-0.15, -0.1) is 0 Å². The summed E-state index contributed by atoms with van der Waals surface area (Å²) in [5, 5.41) is 5.83. The Kier molecular flexibility index (Phi) is 8.09. The van der Waals surface area contributed by atoms with E-state index in [-0.39, 0.29) is 12.5 Å². The van der Waals surface area contributed by atoms with Crippen molar-refractivity contribution in [1.82, 2.24) is 5.32 Å². The summed E-state index contributed by atoms with van der Waals surface area (Å²) in [5.74, 6) is 1.32. The van der Waals surface area contributed by atoms with Gasteiger partial charge < -0.3 is 29.6 Å². The van der Waals surface area contributed by atoms with Gasteiger partial charge in [-0.05, 0) is 13.0 Å². The highest BCUT2D eigenvalue weighted by Gasteiger charge is 2.14. The molecular formula is C15H24N2O5. The van der Waals surface area contributed by atoms with Gasteiger partial charge in [0.15, 0.2) is 11.5 Å². The van der Waals surface area contributed by atoms with Crippen molar-refractivity contribution >= 4 is 11.6 Å². The average Bonchev–Trinajstić information content (AvgIpc) is 2.53. The fourth-order valence-corrected chi connectivity index (χ4v) is 1.90. The molecule has 1 aromatic rings. The van der Waals surface area contributed by atoms with Crippen molar-refractivity contribution in [2.45, 2.75) is 6.42 Å². The Labute approximate surface area is 130 Å². The van der Waals surface area contributed by atoms with Gasteiger partial charge in [0, 0.05) is 31.5 Å². The average molecular weight is 312 g/mol. The van der Waals surface area contributed by atoms with E-state index in [1.807, 2.05) is 0 Å². The smallest absolute Gasteiger partial charge is 0.238 e. The van der Waals surface area contributed by atoms with E-state index in [2.05, 4.69) is 10.6 Å². The summed E-state index contributed by atoms with van der Waals surface area (Å²) < 4.78 is 20.7. The SMILES string of the molecule is COCCCNCC(=O)Nc1cc(OC)c(OC)c(OC)c1. The molecule has 1 amide bonds. The van der Waals surface area contributed by atoms with Gasteiger partial charge in [0.2, 0.25) is 11.7 Å². The van der Waals surface area contributed by atoms with Crippen molar-refractivity contribution < 1.29 is 23.7 Å². The van der Waals surface area contributed by atoms with Gasteiger partial charge in [-0.2, -0.15) is 0 Å². The number of anilines is 1. The molecule has 0 unspecified atom stereocenters. The minimum Gasteiger partial charge on any atom is -0.493 e. The first-order chi connectivity index (χ1) is 10.7. The summed E-state index contributed by atoms with van der Waals surface area (Å²) in [6.07, 6.45) is 0.855. The first kappa shape index (κ1) is 18.1. The highest BCUT2D eigenvalue weighted by Crippen LogP contribution is 2.39.